The molecule has 0 aromatic heterocycles. The molecule has 0 aromatic carbocycles. The Morgan fingerprint density at radius 2 is 1.30 bits per heavy atom. The zero-order chi connectivity index (χ0) is 14.4. The number of nitrogens with zero attached hydrogens (tertiary/aromatic N) is 1. The van der Waals surface area contributed by atoms with Gasteiger partial charge in [-0.25, -0.2) is 8.42 Å². The largest absolute Gasteiger partial charge is 0.396 e. The quantitative estimate of drug-likeness (QED) is 0.820. The van der Waals surface area contributed by atoms with E-state index in [1.165, 1.54) is 12.8 Å². The van der Waals surface area contributed by atoms with Crippen LogP contribution in [0.15, 0.2) is 0 Å². The van der Waals surface area contributed by atoms with E-state index in [4.69, 9.17) is 5.11 Å². The van der Waals surface area contributed by atoms with Crippen LogP contribution in [0.2, 0.25) is 0 Å². The van der Waals surface area contributed by atoms with Crippen molar-refractivity contribution >= 4 is 10.0 Å². The van der Waals surface area contributed by atoms with E-state index in [1.807, 2.05) is 4.31 Å². The fourth-order valence-electron chi connectivity index (χ4n) is 3.78. The number of aliphatic hydroxyl groups excluding tert-OH is 1. The maximum atomic E-state index is 12.7. The average molecular weight is 303 g/mol. The van der Waals surface area contributed by atoms with Gasteiger partial charge in [0.15, 0.2) is 0 Å². The Morgan fingerprint density at radius 1 is 0.850 bits per heavy atom. The molecule has 0 spiro atoms. The van der Waals surface area contributed by atoms with Crippen LogP contribution in [-0.4, -0.2) is 42.3 Å². The van der Waals surface area contributed by atoms with E-state index >= 15 is 0 Å². The van der Waals surface area contributed by atoms with Gasteiger partial charge in [0.25, 0.3) is 0 Å². The lowest BCUT2D eigenvalue weighted by atomic mass is 9.91. The highest BCUT2D eigenvalue weighted by Gasteiger charge is 2.36. The van der Waals surface area contributed by atoms with E-state index in [0.717, 1.165) is 51.4 Å². The molecule has 20 heavy (non-hydrogen) atoms. The molecule has 0 bridgehead atoms. The first kappa shape index (κ1) is 16.2. The zero-order valence-electron chi connectivity index (χ0n) is 12.5. The maximum absolute atomic E-state index is 12.7. The van der Waals surface area contributed by atoms with E-state index in [9.17, 15) is 8.42 Å². The standard InChI is InChI=1S/C15H29NO3S/c17-12-7-13-20(18,19)16(14-8-3-1-4-9-14)15-10-5-2-6-11-15/h14-15,17H,1-13H2. The molecule has 5 heteroatoms. The van der Waals surface area contributed by atoms with Crippen LogP contribution < -0.4 is 0 Å². The van der Waals surface area contributed by atoms with Crippen molar-refractivity contribution in [3.8, 4) is 0 Å². The minimum Gasteiger partial charge on any atom is -0.396 e. The van der Waals surface area contributed by atoms with Gasteiger partial charge in [-0.2, -0.15) is 4.31 Å². The lowest BCUT2D eigenvalue weighted by Crippen LogP contribution is -2.49. The van der Waals surface area contributed by atoms with Gasteiger partial charge in [0.05, 0.1) is 5.75 Å². The highest BCUT2D eigenvalue weighted by molar-refractivity contribution is 7.89. The van der Waals surface area contributed by atoms with Crippen molar-refractivity contribution in [3.63, 3.8) is 0 Å². The van der Waals surface area contributed by atoms with Gasteiger partial charge in [0.1, 0.15) is 0 Å². The van der Waals surface area contributed by atoms with Crippen molar-refractivity contribution in [1.29, 1.82) is 0 Å². The summed E-state index contributed by atoms with van der Waals surface area (Å²) in [5, 5.41) is 8.95. The summed E-state index contributed by atoms with van der Waals surface area (Å²) in [5.41, 5.74) is 0. The number of rotatable bonds is 6. The Kier molecular flexibility index (Phi) is 6.30. The number of aliphatic hydroxyl groups is 1. The van der Waals surface area contributed by atoms with Gasteiger partial charge < -0.3 is 5.11 Å². The summed E-state index contributed by atoms with van der Waals surface area (Å²) in [6.45, 7) is -0.0393. The molecule has 2 rings (SSSR count). The molecule has 0 heterocycles. The fraction of sp³-hybridized carbons (Fsp3) is 1.00. The smallest absolute Gasteiger partial charge is 0.214 e. The molecular weight excluding hydrogens is 274 g/mol. The van der Waals surface area contributed by atoms with E-state index in [-0.39, 0.29) is 24.4 Å². The normalized spacial score (nSPS) is 23.3. The Morgan fingerprint density at radius 3 is 1.70 bits per heavy atom. The van der Waals surface area contributed by atoms with Crippen LogP contribution in [0.4, 0.5) is 0 Å². The molecule has 118 valence electrons. The second kappa shape index (κ2) is 7.76. The van der Waals surface area contributed by atoms with Gasteiger partial charge in [-0.1, -0.05) is 38.5 Å². The van der Waals surface area contributed by atoms with Crippen LogP contribution in [0.3, 0.4) is 0 Å². The van der Waals surface area contributed by atoms with Crippen LogP contribution in [-0.2, 0) is 10.0 Å². The van der Waals surface area contributed by atoms with Crippen LogP contribution in [0, 0.1) is 0 Å². The molecule has 0 unspecified atom stereocenters. The van der Waals surface area contributed by atoms with Crippen LogP contribution in [0.25, 0.3) is 0 Å². The number of hydrogen-bond donors (Lipinski definition) is 1. The summed E-state index contributed by atoms with van der Waals surface area (Å²) in [7, 11) is -3.21. The third kappa shape index (κ3) is 4.18. The summed E-state index contributed by atoms with van der Waals surface area (Å²) in [6, 6.07) is 0.436. The van der Waals surface area contributed by atoms with E-state index in [1.54, 1.807) is 0 Å². The summed E-state index contributed by atoms with van der Waals surface area (Å²) in [5.74, 6) is 0.108. The summed E-state index contributed by atoms with van der Waals surface area (Å²) in [4.78, 5) is 0. The van der Waals surface area contributed by atoms with Crippen molar-refractivity contribution in [1.82, 2.24) is 4.31 Å². The lowest BCUT2D eigenvalue weighted by Gasteiger charge is -2.40. The first-order chi connectivity index (χ1) is 9.65. The lowest BCUT2D eigenvalue weighted by molar-refractivity contribution is 0.169. The van der Waals surface area contributed by atoms with Crippen LogP contribution >= 0.6 is 0 Å². The highest BCUT2D eigenvalue weighted by atomic mass is 32.2. The molecule has 2 fully saturated rings. The summed E-state index contributed by atoms with van der Waals surface area (Å²) < 4.78 is 27.3. The molecule has 2 saturated carbocycles. The third-order valence-corrected chi connectivity index (χ3v) is 6.79. The maximum Gasteiger partial charge on any atom is 0.214 e. The summed E-state index contributed by atoms with van der Waals surface area (Å²) >= 11 is 0. The number of sulfonamides is 1. The molecule has 1 N–H and O–H groups in total. The molecule has 2 aliphatic carbocycles. The highest BCUT2D eigenvalue weighted by Crippen LogP contribution is 2.32. The molecule has 0 aromatic rings. The molecule has 2 aliphatic rings. The van der Waals surface area contributed by atoms with E-state index in [2.05, 4.69) is 0 Å². The average Bonchev–Trinajstić information content (AvgIpc) is 2.47. The van der Waals surface area contributed by atoms with Crippen molar-refractivity contribution in [2.24, 2.45) is 0 Å². The topological polar surface area (TPSA) is 57.6 Å². The van der Waals surface area contributed by atoms with Crippen molar-refractivity contribution in [3.05, 3.63) is 0 Å². The molecule has 0 radical (unpaired) electrons. The second-order valence-electron chi connectivity index (χ2n) is 6.31. The van der Waals surface area contributed by atoms with Crippen LogP contribution in [0.5, 0.6) is 0 Å². The molecule has 0 atom stereocenters. The van der Waals surface area contributed by atoms with Gasteiger partial charge in [-0.3, -0.25) is 0 Å². The first-order valence-electron chi connectivity index (χ1n) is 8.27. The molecular formula is C15H29NO3S. The van der Waals surface area contributed by atoms with E-state index < -0.39 is 10.0 Å². The van der Waals surface area contributed by atoms with Crippen molar-refractivity contribution in [2.45, 2.75) is 82.7 Å². The van der Waals surface area contributed by atoms with Crippen molar-refractivity contribution < 1.29 is 13.5 Å². The fourth-order valence-corrected chi connectivity index (χ4v) is 5.81. The van der Waals surface area contributed by atoms with Gasteiger partial charge in [-0.15, -0.1) is 0 Å². The third-order valence-electron chi connectivity index (χ3n) is 4.75. The predicted molar refractivity (Wildman–Crippen MR) is 81.1 cm³/mol. The Balaban J connectivity index is 2.13. The predicted octanol–water partition coefficient (Wildman–Crippen LogP) is 2.67. The zero-order valence-corrected chi connectivity index (χ0v) is 13.3. The molecule has 4 nitrogen and oxygen atoms in total. The van der Waals surface area contributed by atoms with Gasteiger partial charge >= 0.3 is 0 Å². The minimum absolute atomic E-state index is 0.0393. The summed E-state index contributed by atoms with van der Waals surface area (Å²) in [6.07, 6.45) is 11.6. The first-order valence-corrected chi connectivity index (χ1v) is 9.88. The monoisotopic (exact) mass is 303 g/mol. The molecule has 0 aliphatic heterocycles. The van der Waals surface area contributed by atoms with E-state index in [0.29, 0.717) is 6.42 Å². The van der Waals surface area contributed by atoms with Gasteiger partial charge in [-0.05, 0) is 32.1 Å². The Labute approximate surface area is 123 Å². The Hall–Kier alpha value is -0.130. The molecule has 0 saturated heterocycles. The SMILES string of the molecule is O=S(=O)(CCCO)N(C1CCCCC1)C1CCCCC1. The Bertz CT molecular complexity index is 353. The molecule has 0 amide bonds. The van der Waals surface area contributed by atoms with Crippen LogP contribution in [0.1, 0.15) is 70.6 Å². The minimum atomic E-state index is -3.21. The van der Waals surface area contributed by atoms with Gasteiger partial charge in [0.2, 0.25) is 10.0 Å². The van der Waals surface area contributed by atoms with Crippen molar-refractivity contribution in [2.75, 3.05) is 12.4 Å². The second-order valence-corrected chi connectivity index (χ2v) is 8.30. The number of hydrogen-bond acceptors (Lipinski definition) is 3. The van der Waals surface area contributed by atoms with Gasteiger partial charge in [0, 0.05) is 18.7 Å².